The lowest BCUT2D eigenvalue weighted by Crippen LogP contribution is -2.36. The molecule has 0 heterocycles. The van der Waals surface area contributed by atoms with Crippen molar-refractivity contribution in [2.45, 2.75) is 20.3 Å². The van der Waals surface area contributed by atoms with Crippen LogP contribution in [0, 0.1) is 11.3 Å². The maximum atomic E-state index is 11.5. The molecule has 0 saturated carbocycles. The van der Waals surface area contributed by atoms with Gasteiger partial charge < -0.3 is 5.73 Å². The van der Waals surface area contributed by atoms with Crippen molar-refractivity contribution in [3.05, 3.63) is 0 Å². The van der Waals surface area contributed by atoms with Crippen LogP contribution in [-0.4, -0.2) is 37.9 Å². The normalized spacial score (nSPS) is 14.3. The van der Waals surface area contributed by atoms with Gasteiger partial charge in [-0.3, -0.25) is 5.41 Å². The first kappa shape index (κ1) is 13.4. The summed E-state index contributed by atoms with van der Waals surface area (Å²) < 4.78 is 24.3. The SMILES string of the molecule is CCCS(=O)(=O)N(C)CC(C)C(=N)N. The van der Waals surface area contributed by atoms with Crippen LogP contribution in [0.1, 0.15) is 20.3 Å². The highest BCUT2D eigenvalue weighted by molar-refractivity contribution is 7.89. The highest BCUT2D eigenvalue weighted by Gasteiger charge is 2.19. The molecule has 0 aromatic rings. The predicted octanol–water partition coefficient (Wildman–Crippen LogP) is 0.230. The lowest BCUT2D eigenvalue weighted by Gasteiger charge is -2.20. The molecule has 0 aliphatic heterocycles. The second kappa shape index (κ2) is 5.31. The summed E-state index contributed by atoms with van der Waals surface area (Å²) in [5.41, 5.74) is 5.26. The summed E-state index contributed by atoms with van der Waals surface area (Å²) in [6, 6.07) is 0. The van der Waals surface area contributed by atoms with E-state index >= 15 is 0 Å². The van der Waals surface area contributed by atoms with Crippen molar-refractivity contribution < 1.29 is 8.42 Å². The van der Waals surface area contributed by atoms with Crippen molar-refractivity contribution in [1.29, 1.82) is 5.41 Å². The Hall–Kier alpha value is -0.620. The van der Waals surface area contributed by atoms with Gasteiger partial charge in [0.25, 0.3) is 0 Å². The zero-order valence-corrected chi connectivity index (χ0v) is 9.76. The third-order valence-electron chi connectivity index (χ3n) is 2.00. The molecule has 0 saturated heterocycles. The lowest BCUT2D eigenvalue weighted by atomic mass is 10.2. The van der Waals surface area contributed by atoms with Crippen molar-refractivity contribution in [2.75, 3.05) is 19.3 Å². The third-order valence-corrected chi connectivity index (χ3v) is 4.02. The zero-order chi connectivity index (χ0) is 11.4. The molecule has 0 aromatic heterocycles. The summed E-state index contributed by atoms with van der Waals surface area (Å²) in [5, 5.41) is 7.16. The molecule has 0 aliphatic carbocycles. The van der Waals surface area contributed by atoms with Gasteiger partial charge in [-0.15, -0.1) is 0 Å². The molecule has 1 unspecified atom stereocenters. The number of hydrogen-bond donors (Lipinski definition) is 2. The van der Waals surface area contributed by atoms with Crippen LogP contribution in [-0.2, 0) is 10.0 Å². The van der Waals surface area contributed by atoms with Gasteiger partial charge in [0.2, 0.25) is 10.0 Å². The largest absolute Gasteiger partial charge is 0.387 e. The summed E-state index contributed by atoms with van der Waals surface area (Å²) in [6.07, 6.45) is 0.598. The van der Waals surface area contributed by atoms with E-state index in [2.05, 4.69) is 0 Å². The molecule has 0 bridgehead atoms. The van der Waals surface area contributed by atoms with Gasteiger partial charge >= 0.3 is 0 Å². The maximum Gasteiger partial charge on any atom is 0.213 e. The second-order valence-corrected chi connectivity index (χ2v) is 5.65. The number of sulfonamides is 1. The molecule has 84 valence electrons. The lowest BCUT2D eigenvalue weighted by molar-refractivity contribution is 0.443. The van der Waals surface area contributed by atoms with Crippen molar-refractivity contribution >= 4 is 15.9 Å². The second-order valence-electron chi connectivity index (χ2n) is 3.45. The molecule has 0 radical (unpaired) electrons. The van der Waals surface area contributed by atoms with Crippen LogP contribution in [0.15, 0.2) is 0 Å². The van der Waals surface area contributed by atoms with E-state index in [9.17, 15) is 8.42 Å². The van der Waals surface area contributed by atoms with Gasteiger partial charge in [-0.1, -0.05) is 13.8 Å². The minimum atomic E-state index is -3.16. The van der Waals surface area contributed by atoms with Crippen molar-refractivity contribution in [2.24, 2.45) is 11.7 Å². The molecule has 0 aromatic carbocycles. The van der Waals surface area contributed by atoms with Gasteiger partial charge in [-0.25, -0.2) is 12.7 Å². The first-order valence-corrected chi connectivity index (χ1v) is 6.20. The maximum absolute atomic E-state index is 11.5. The Morgan fingerprint density at radius 2 is 2.07 bits per heavy atom. The minimum absolute atomic E-state index is 0.0172. The number of nitrogens with one attached hydrogen (secondary N) is 1. The molecular formula is C8H19N3O2S. The molecule has 0 rings (SSSR count). The molecule has 5 nitrogen and oxygen atoms in total. The summed E-state index contributed by atoms with van der Waals surface area (Å²) in [5.74, 6) is -0.0658. The fraction of sp³-hybridized carbons (Fsp3) is 0.875. The van der Waals surface area contributed by atoms with E-state index in [1.54, 1.807) is 6.92 Å². The fourth-order valence-electron chi connectivity index (χ4n) is 1.01. The third kappa shape index (κ3) is 4.06. The first-order chi connectivity index (χ1) is 6.31. The van der Waals surface area contributed by atoms with Crippen LogP contribution in [0.25, 0.3) is 0 Å². The molecule has 1 atom stereocenters. The highest BCUT2D eigenvalue weighted by atomic mass is 32.2. The Bertz CT molecular complexity index is 287. The Kier molecular flexibility index (Phi) is 5.07. The molecule has 3 N–H and O–H groups in total. The van der Waals surface area contributed by atoms with E-state index in [1.165, 1.54) is 11.4 Å². The van der Waals surface area contributed by atoms with E-state index in [0.717, 1.165) is 0 Å². The minimum Gasteiger partial charge on any atom is -0.387 e. The molecule has 14 heavy (non-hydrogen) atoms. The topological polar surface area (TPSA) is 87.2 Å². The van der Waals surface area contributed by atoms with Gasteiger partial charge in [-0.05, 0) is 6.42 Å². The molecule has 0 aliphatic rings. The number of amidine groups is 1. The molecule has 0 spiro atoms. The van der Waals surface area contributed by atoms with Crippen LogP contribution < -0.4 is 5.73 Å². The van der Waals surface area contributed by atoms with Crippen molar-refractivity contribution in [3.8, 4) is 0 Å². The summed E-state index contributed by atoms with van der Waals surface area (Å²) in [4.78, 5) is 0. The van der Waals surface area contributed by atoms with Crippen molar-refractivity contribution in [3.63, 3.8) is 0 Å². The molecule has 0 amide bonds. The summed E-state index contributed by atoms with van der Waals surface area (Å²) >= 11 is 0. The van der Waals surface area contributed by atoms with Gasteiger partial charge in [0, 0.05) is 19.5 Å². The highest BCUT2D eigenvalue weighted by Crippen LogP contribution is 2.04. The van der Waals surface area contributed by atoms with Gasteiger partial charge in [0.1, 0.15) is 0 Å². The average Bonchev–Trinajstić information content (AvgIpc) is 2.03. The Balaban J connectivity index is 4.34. The van der Waals surface area contributed by atoms with E-state index in [0.29, 0.717) is 6.42 Å². The average molecular weight is 221 g/mol. The molecular weight excluding hydrogens is 202 g/mol. The molecule has 6 heteroatoms. The fourth-order valence-corrected chi connectivity index (χ4v) is 2.29. The van der Waals surface area contributed by atoms with Gasteiger partial charge in [-0.2, -0.15) is 0 Å². The smallest absolute Gasteiger partial charge is 0.213 e. The van der Waals surface area contributed by atoms with Gasteiger partial charge in [0.15, 0.2) is 0 Å². The number of hydrogen-bond acceptors (Lipinski definition) is 3. The van der Waals surface area contributed by atoms with E-state index in [4.69, 9.17) is 11.1 Å². The number of nitrogens with zero attached hydrogens (tertiary/aromatic N) is 1. The van der Waals surface area contributed by atoms with Crippen LogP contribution in [0.4, 0.5) is 0 Å². The van der Waals surface area contributed by atoms with Crippen LogP contribution in [0.3, 0.4) is 0 Å². The monoisotopic (exact) mass is 221 g/mol. The summed E-state index contributed by atoms with van der Waals surface area (Å²) in [7, 11) is -1.64. The molecule has 0 fully saturated rings. The number of rotatable bonds is 6. The number of nitrogens with two attached hydrogens (primary N) is 1. The van der Waals surface area contributed by atoms with Crippen LogP contribution >= 0.6 is 0 Å². The van der Waals surface area contributed by atoms with Gasteiger partial charge in [0.05, 0.1) is 11.6 Å². The zero-order valence-electron chi connectivity index (χ0n) is 8.95. The van der Waals surface area contributed by atoms with E-state index in [-0.39, 0.29) is 24.1 Å². The standard InChI is InChI=1S/C8H19N3O2S/c1-4-5-14(12,13)11(3)6-7(2)8(9)10/h7H,4-6H2,1-3H3,(H3,9,10). The van der Waals surface area contributed by atoms with E-state index in [1.807, 2.05) is 6.92 Å². The van der Waals surface area contributed by atoms with Crippen molar-refractivity contribution in [1.82, 2.24) is 4.31 Å². The quantitative estimate of drug-likeness (QED) is 0.497. The Morgan fingerprint density at radius 1 is 1.57 bits per heavy atom. The predicted molar refractivity (Wildman–Crippen MR) is 57.8 cm³/mol. The Labute approximate surface area is 85.8 Å². The van der Waals surface area contributed by atoms with E-state index < -0.39 is 10.0 Å². The summed E-state index contributed by atoms with van der Waals surface area (Å²) in [6.45, 7) is 3.83. The Morgan fingerprint density at radius 3 is 2.43 bits per heavy atom. The van der Waals surface area contributed by atoms with Crippen LogP contribution in [0.5, 0.6) is 0 Å². The first-order valence-electron chi connectivity index (χ1n) is 4.59. The van der Waals surface area contributed by atoms with Crippen LogP contribution in [0.2, 0.25) is 0 Å².